The molecule has 0 saturated heterocycles. The van der Waals surface area contributed by atoms with Gasteiger partial charge in [0.05, 0.1) is 5.69 Å². The fourth-order valence-electron chi connectivity index (χ4n) is 1.97. The van der Waals surface area contributed by atoms with Crippen LogP contribution in [-0.4, -0.2) is 17.0 Å². The van der Waals surface area contributed by atoms with Crippen molar-refractivity contribution in [3.05, 3.63) is 41.2 Å². The van der Waals surface area contributed by atoms with Gasteiger partial charge in [0.15, 0.2) is 0 Å². The minimum Gasteiger partial charge on any atom is -0.373 e. The highest BCUT2D eigenvalue weighted by molar-refractivity contribution is 5.70. The number of nitrogens with zero attached hydrogens (tertiary/aromatic N) is 2. The van der Waals surface area contributed by atoms with E-state index in [0.29, 0.717) is 0 Å². The zero-order valence-electron chi connectivity index (χ0n) is 10.7. The largest absolute Gasteiger partial charge is 0.373 e. The molecule has 17 heavy (non-hydrogen) atoms. The van der Waals surface area contributed by atoms with Crippen molar-refractivity contribution >= 4 is 5.82 Å². The van der Waals surface area contributed by atoms with Crippen LogP contribution in [0.1, 0.15) is 17.0 Å². The van der Waals surface area contributed by atoms with Gasteiger partial charge in [-0.25, -0.2) is 9.97 Å². The molecule has 1 aromatic heterocycles. The first kappa shape index (κ1) is 11.6. The van der Waals surface area contributed by atoms with Crippen LogP contribution in [0.3, 0.4) is 0 Å². The molecule has 0 bridgehead atoms. The maximum absolute atomic E-state index is 4.56. The van der Waals surface area contributed by atoms with E-state index in [1.165, 1.54) is 11.1 Å². The second-order valence-electron chi connectivity index (χ2n) is 4.16. The number of rotatable bonds is 2. The van der Waals surface area contributed by atoms with Crippen LogP contribution in [0.5, 0.6) is 0 Å². The fraction of sp³-hybridized carbons (Fsp3) is 0.286. The normalized spacial score (nSPS) is 10.4. The summed E-state index contributed by atoms with van der Waals surface area (Å²) in [5.74, 6) is 1.69. The van der Waals surface area contributed by atoms with Gasteiger partial charge in [-0.1, -0.05) is 24.3 Å². The smallest absolute Gasteiger partial charge is 0.132 e. The molecule has 2 rings (SSSR count). The minimum atomic E-state index is 0.790. The molecular weight excluding hydrogens is 210 g/mol. The van der Waals surface area contributed by atoms with E-state index in [2.05, 4.69) is 34.3 Å². The van der Waals surface area contributed by atoms with E-state index < -0.39 is 0 Å². The van der Waals surface area contributed by atoms with Gasteiger partial charge >= 0.3 is 0 Å². The van der Waals surface area contributed by atoms with Crippen LogP contribution in [0.2, 0.25) is 0 Å². The fourth-order valence-corrected chi connectivity index (χ4v) is 1.97. The van der Waals surface area contributed by atoms with Crippen molar-refractivity contribution in [3.63, 3.8) is 0 Å². The van der Waals surface area contributed by atoms with Crippen molar-refractivity contribution in [3.8, 4) is 11.3 Å². The Hall–Kier alpha value is -1.90. The van der Waals surface area contributed by atoms with Crippen LogP contribution < -0.4 is 5.32 Å². The summed E-state index contributed by atoms with van der Waals surface area (Å²) < 4.78 is 0. The summed E-state index contributed by atoms with van der Waals surface area (Å²) in [6.07, 6.45) is 0. The van der Waals surface area contributed by atoms with Crippen LogP contribution in [0.25, 0.3) is 11.3 Å². The molecule has 1 heterocycles. The summed E-state index contributed by atoms with van der Waals surface area (Å²) in [6.45, 7) is 6.07. The number of benzene rings is 1. The van der Waals surface area contributed by atoms with Crippen molar-refractivity contribution in [1.29, 1.82) is 0 Å². The molecule has 0 aliphatic rings. The Morgan fingerprint density at radius 2 is 1.71 bits per heavy atom. The third kappa shape index (κ3) is 2.13. The lowest BCUT2D eigenvalue weighted by atomic mass is 10.0. The molecule has 0 amide bonds. The molecule has 0 aliphatic carbocycles. The lowest BCUT2D eigenvalue weighted by Gasteiger charge is -2.12. The molecule has 88 valence electrons. The molecule has 0 unspecified atom stereocenters. The van der Waals surface area contributed by atoms with E-state index in [0.717, 1.165) is 22.9 Å². The van der Waals surface area contributed by atoms with Gasteiger partial charge in [-0.2, -0.15) is 0 Å². The number of aromatic nitrogens is 2. The maximum atomic E-state index is 4.56. The zero-order valence-corrected chi connectivity index (χ0v) is 10.7. The van der Waals surface area contributed by atoms with Crippen LogP contribution in [0, 0.1) is 20.8 Å². The number of hydrogen-bond donors (Lipinski definition) is 1. The van der Waals surface area contributed by atoms with Gasteiger partial charge in [0.1, 0.15) is 11.6 Å². The molecule has 0 spiro atoms. The topological polar surface area (TPSA) is 37.8 Å². The Labute approximate surface area is 102 Å². The quantitative estimate of drug-likeness (QED) is 0.856. The second kappa shape index (κ2) is 4.53. The first-order valence-electron chi connectivity index (χ1n) is 5.72. The van der Waals surface area contributed by atoms with Gasteiger partial charge in [0, 0.05) is 18.2 Å². The minimum absolute atomic E-state index is 0.790. The van der Waals surface area contributed by atoms with Gasteiger partial charge < -0.3 is 5.32 Å². The molecule has 3 nitrogen and oxygen atoms in total. The van der Waals surface area contributed by atoms with Crippen molar-refractivity contribution in [2.45, 2.75) is 20.8 Å². The van der Waals surface area contributed by atoms with Gasteiger partial charge in [0.25, 0.3) is 0 Å². The van der Waals surface area contributed by atoms with Gasteiger partial charge in [-0.3, -0.25) is 0 Å². The summed E-state index contributed by atoms with van der Waals surface area (Å²) in [6, 6.07) is 8.29. The van der Waals surface area contributed by atoms with Gasteiger partial charge in [-0.15, -0.1) is 0 Å². The van der Waals surface area contributed by atoms with E-state index >= 15 is 0 Å². The number of anilines is 1. The van der Waals surface area contributed by atoms with Crippen LogP contribution >= 0.6 is 0 Å². The van der Waals surface area contributed by atoms with Crippen LogP contribution in [0.15, 0.2) is 24.3 Å². The van der Waals surface area contributed by atoms with Gasteiger partial charge in [-0.05, 0) is 26.3 Å². The summed E-state index contributed by atoms with van der Waals surface area (Å²) in [7, 11) is 1.89. The van der Waals surface area contributed by atoms with Crippen molar-refractivity contribution in [2.75, 3.05) is 12.4 Å². The summed E-state index contributed by atoms with van der Waals surface area (Å²) in [4.78, 5) is 8.95. The standard InChI is InChI=1S/C14H17N3/c1-9-7-5-6-8-12(9)13-10(2)14(15-4)17-11(3)16-13/h5-8H,1-4H3,(H,15,16,17). The SMILES string of the molecule is CNc1nc(C)nc(-c2ccccc2C)c1C. The third-order valence-corrected chi connectivity index (χ3v) is 2.89. The Kier molecular flexibility index (Phi) is 3.09. The highest BCUT2D eigenvalue weighted by Crippen LogP contribution is 2.27. The van der Waals surface area contributed by atoms with Crippen molar-refractivity contribution in [1.82, 2.24) is 9.97 Å². The molecule has 1 N–H and O–H groups in total. The van der Waals surface area contributed by atoms with Gasteiger partial charge in [0.2, 0.25) is 0 Å². The van der Waals surface area contributed by atoms with E-state index in [1.54, 1.807) is 0 Å². The molecule has 0 aliphatic heterocycles. The average molecular weight is 227 g/mol. The highest BCUT2D eigenvalue weighted by atomic mass is 15.0. The maximum Gasteiger partial charge on any atom is 0.132 e. The monoisotopic (exact) mass is 227 g/mol. The Morgan fingerprint density at radius 1 is 1.00 bits per heavy atom. The van der Waals surface area contributed by atoms with Crippen molar-refractivity contribution < 1.29 is 0 Å². The van der Waals surface area contributed by atoms with E-state index in [4.69, 9.17) is 0 Å². The Morgan fingerprint density at radius 3 is 2.35 bits per heavy atom. The lowest BCUT2D eigenvalue weighted by Crippen LogP contribution is -2.03. The molecule has 3 heteroatoms. The molecule has 2 aromatic rings. The first-order chi connectivity index (χ1) is 8.13. The molecule has 0 saturated carbocycles. The molecule has 0 radical (unpaired) electrons. The second-order valence-corrected chi connectivity index (χ2v) is 4.16. The first-order valence-corrected chi connectivity index (χ1v) is 5.72. The highest BCUT2D eigenvalue weighted by Gasteiger charge is 2.11. The summed E-state index contributed by atoms with van der Waals surface area (Å²) >= 11 is 0. The Bertz CT molecular complexity index is 547. The van der Waals surface area contributed by atoms with E-state index in [-0.39, 0.29) is 0 Å². The summed E-state index contributed by atoms with van der Waals surface area (Å²) in [5, 5.41) is 3.11. The van der Waals surface area contributed by atoms with E-state index in [1.807, 2.05) is 33.0 Å². The lowest BCUT2D eigenvalue weighted by molar-refractivity contribution is 1.03. The average Bonchev–Trinajstić information content (AvgIpc) is 2.32. The van der Waals surface area contributed by atoms with Crippen molar-refractivity contribution in [2.24, 2.45) is 0 Å². The molecule has 0 fully saturated rings. The van der Waals surface area contributed by atoms with Crippen LogP contribution in [0.4, 0.5) is 5.82 Å². The predicted molar refractivity (Wildman–Crippen MR) is 71.2 cm³/mol. The number of nitrogens with one attached hydrogen (secondary N) is 1. The molecular formula is C14H17N3. The number of hydrogen-bond acceptors (Lipinski definition) is 3. The number of aryl methyl sites for hydroxylation is 2. The third-order valence-electron chi connectivity index (χ3n) is 2.89. The zero-order chi connectivity index (χ0) is 12.4. The molecule has 0 atom stereocenters. The Balaban J connectivity index is 2.67. The van der Waals surface area contributed by atoms with E-state index in [9.17, 15) is 0 Å². The van der Waals surface area contributed by atoms with Crippen LogP contribution in [-0.2, 0) is 0 Å². The summed E-state index contributed by atoms with van der Waals surface area (Å²) in [5.41, 5.74) is 4.51. The molecule has 1 aromatic carbocycles. The predicted octanol–water partition coefficient (Wildman–Crippen LogP) is 3.11.